The molecule has 0 spiro atoms. The summed E-state index contributed by atoms with van der Waals surface area (Å²) in [6, 6.07) is 1.87. The Morgan fingerprint density at radius 1 is 1.18 bits per heavy atom. The summed E-state index contributed by atoms with van der Waals surface area (Å²) < 4.78 is 39.7. The van der Waals surface area contributed by atoms with Crippen LogP contribution in [-0.4, -0.2) is 56.0 Å². The second-order valence-electron chi connectivity index (χ2n) is 6.41. The number of guanidine groups is 1. The number of benzene rings is 1. The number of carbonyl (C=O) groups is 1. The molecule has 0 aliphatic carbocycles. The lowest BCUT2D eigenvalue weighted by Crippen LogP contribution is -2.45. The minimum atomic E-state index is -1.62. The van der Waals surface area contributed by atoms with Gasteiger partial charge in [0.2, 0.25) is 5.91 Å². The molecule has 0 saturated carbocycles. The van der Waals surface area contributed by atoms with Crippen molar-refractivity contribution in [1.29, 1.82) is 0 Å². The second kappa shape index (κ2) is 12.2. The maximum absolute atomic E-state index is 13.6. The van der Waals surface area contributed by atoms with E-state index in [2.05, 4.69) is 39.7 Å². The van der Waals surface area contributed by atoms with Crippen LogP contribution in [0.25, 0.3) is 0 Å². The van der Waals surface area contributed by atoms with Crippen molar-refractivity contribution in [3.8, 4) is 0 Å². The molecule has 0 radical (unpaired) electrons. The normalized spacial score (nSPS) is 12.8. The smallest absolute Gasteiger partial charge is 0.243 e. The highest BCUT2D eigenvalue weighted by Crippen LogP contribution is 2.19. The first-order valence-electron chi connectivity index (χ1n) is 9.45. The maximum Gasteiger partial charge on any atom is 0.243 e. The zero-order valence-corrected chi connectivity index (χ0v) is 16.9. The Kier molecular flexibility index (Phi) is 10.4. The molecule has 0 fully saturated rings. The van der Waals surface area contributed by atoms with Gasteiger partial charge in [-0.05, 0) is 51.5 Å². The minimum absolute atomic E-state index is 0.147. The number of halogens is 3. The molecule has 0 aliphatic rings. The van der Waals surface area contributed by atoms with Gasteiger partial charge >= 0.3 is 0 Å². The van der Waals surface area contributed by atoms with Crippen LogP contribution >= 0.6 is 0 Å². The third-order valence-electron chi connectivity index (χ3n) is 4.34. The first-order valence-corrected chi connectivity index (χ1v) is 9.45. The summed E-state index contributed by atoms with van der Waals surface area (Å²) in [7, 11) is 1.57. The number of aliphatic imine (C=N–C) groups is 1. The van der Waals surface area contributed by atoms with E-state index in [1.165, 1.54) is 0 Å². The van der Waals surface area contributed by atoms with Crippen LogP contribution in [0.5, 0.6) is 0 Å². The van der Waals surface area contributed by atoms with Gasteiger partial charge in [-0.2, -0.15) is 0 Å². The van der Waals surface area contributed by atoms with E-state index in [9.17, 15) is 18.0 Å². The van der Waals surface area contributed by atoms with Gasteiger partial charge in [-0.25, -0.2) is 13.2 Å². The molecule has 1 atom stereocenters. The molecule has 1 amide bonds. The van der Waals surface area contributed by atoms with E-state index < -0.39 is 29.0 Å². The molecule has 1 aromatic rings. The summed E-state index contributed by atoms with van der Waals surface area (Å²) in [5.41, 5.74) is -0.418. The minimum Gasteiger partial charge on any atom is -0.354 e. The van der Waals surface area contributed by atoms with Crippen LogP contribution in [0.1, 0.15) is 33.6 Å². The molecule has 0 aromatic heterocycles. The molecule has 0 bridgehead atoms. The maximum atomic E-state index is 13.6. The van der Waals surface area contributed by atoms with Crippen molar-refractivity contribution < 1.29 is 18.0 Å². The summed E-state index contributed by atoms with van der Waals surface area (Å²) in [6.07, 6.45) is 1.96. The van der Waals surface area contributed by atoms with Gasteiger partial charge in [0.25, 0.3) is 0 Å². The van der Waals surface area contributed by atoms with Gasteiger partial charge in [0.1, 0.15) is 0 Å². The predicted octanol–water partition coefficient (Wildman–Crippen LogP) is 2.72. The fourth-order valence-corrected chi connectivity index (χ4v) is 2.64. The molecule has 1 aromatic carbocycles. The quantitative estimate of drug-likeness (QED) is 0.320. The van der Waals surface area contributed by atoms with Gasteiger partial charge in [-0.3, -0.25) is 9.79 Å². The average Bonchev–Trinajstić information content (AvgIpc) is 2.68. The number of nitrogens with one attached hydrogen (secondary N) is 3. The van der Waals surface area contributed by atoms with Crippen molar-refractivity contribution in [2.75, 3.05) is 38.5 Å². The topological polar surface area (TPSA) is 68.8 Å². The number of hydrogen-bond donors (Lipinski definition) is 3. The largest absolute Gasteiger partial charge is 0.354 e. The molecular formula is C19H30F3N5O. The Morgan fingerprint density at radius 3 is 2.46 bits per heavy atom. The van der Waals surface area contributed by atoms with Crippen molar-refractivity contribution >= 4 is 17.6 Å². The molecule has 3 N–H and O–H groups in total. The lowest BCUT2D eigenvalue weighted by Gasteiger charge is -2.21. The summed E-state index contributed by atoms with van der Waals surface area (Å²) >= 11 is 0. The molecule has 6 nitrogen and oxygen atoms in total. The third kappa shape index (κ3) is 7.75. The number of amides is 1. The van der Waals surface area contributed by atoms with Crippen LogP contribution in [-0.2, 0) is 4.79 Å². The Labute approximate surface area is 164 Å². The van der Waals surface area contributed by atoms with Crippen LogP contribution in [0, 0.1) is 17.5 Å². The highest BCUT2D eigenvalue weighted by atomic mass is 19.2. The van der Waals surface area contributed by atoms with Crippen molar-refractivity contribution in [3.63, 3.8) is 0 Å². The van der Waals surface area contributed by atoms with Gasteiger partial charge in [0.15, 0.2) is 23.4 Å². The lowest BCUT2D eigenvalue weighted by atomic mass is 10.2. The fraction of sp³-hybridized carbons (Fsp3) is 0.579. The zero-order valence-electron chi connectivity index (χ0n) is 16.9. The molecular weight excluding hydrogens is 371 g/mol. The molecule has 28 heavy (non-hydrogen) atoms. The molecule has 9 heteroatoms. The Morgan fingerprint density at radius 2 is 1.86 bits per heavy atom. The fourth-order valence-electron chi connectivity index (χ4n) is 2.64. The first kappa shape index (κ1) is 23.7. The van der Waals surface area contributed by atoms with Gasteiger partial charge in [-0.15, -0.1) is 0 Å². The van der Waals surface area contributed by atoms with Gasteiger partial charge in [0.05, 0.1) is 12.2 Å². The Bertz CT molecular complexity index is 665. The SMILES string of the molecule is CCN(CC)CCCC(C)NC(=NC)NCC(=O)Nc1ccc(F)c(F)c1F. The molecule has 1 unspecified atom stereocenters. The van der Waals surface area contributed by atoms with Crippen LogP contribution in [0.15, 0.2) is 17.1 Å². The van der Waals surface area contributed by atoms with Crippen molar-refractivity contribution in [3.05, 3.63) is 29.6 Å². The van der Waals surface area contributed by atoms with Gasteiger partial charge in [-0.1, -0.05) is 13.8 Å². The third-order valence-corrected chi connectivity index (χ3v) is 4.34. The van der Waals surface area contributed by atoms with E-state index in [0.29, 0.717) is 5.96 Å². The predicted molar refractivity (Wildman–Crippen MR) is 106 cm³/mol. The van der Waals surface area contributed by atoms with Crippen LogP contribution in [0.4, 0.5) is 18.9 Å². The molecule has 158 valence electrons. The number of hydrogen-bond acceptors (Lipinski definition) is 3. The highest BCUT2D eigenvalue weighted by molar-refractivity contribution is 5.95. The standard InChI is InChI=1S/C19H30F3N5O/c1-5-27(6-2)11-7-8-13(3)25-19(23-4)24-12-16(28)26-15-10-9-14(20)17(21)18(15)22/h9-10,13H,5-8,11-12H2,1-4H3,(H,26,28)(H2,23,24,25). The molecule has 1 rings (SSSR count). The summed E-state index contributed by atoms with van der Waals surface area (Å²) in [6.45, 7) is 9.15. The Hall–Kier alpha value is -2.29. The lowest BCUT2D eigenvalue weighted by molar-refractivity contribution is -0.115. The zero-order chi connectivity index (χ0) is 21.1. The second-order valence-corrected chi connectivity index (χ2v) is 6.41. The van der Waals surface area contributed by atoms with Crippen LogP contribution < -0.4 is 16.0 Å². The summed E-state index contributed by atoms with van der Waals surface area (Å²) in [5, 5.41) is 8.19. The van der Waals surface area contributed by atoms with Crippen molar-refractivity contribution in [1.82, 2.24) is 15.5 Å². The molecule has 0 aliphatic heterocycles. The van der Waals surface area contributed by atoms with Crippen LogP contribution in [0.3, 0.4) is 0 Å². The van der Waals surface area contributed by atoms with E-state index >= 15 is 0 Å². The van der Waals surface area contributed by atoms with E-state index in [4.69, 9.17) is 0 Å². The molecule has 0 saturated heterocycles. The average molecular weight is 401 g/mol. The van der Waals surface area contributed by atoms with Gasteiger partial charge < -0.3 is 20.9 Å². The number of carbonyl (C=O) groups excluding carboxylic acids is 1. The van der Waals surface area contributed by atoms with E-state index in [0.717, 1.165) is 44.6 Å². The Balaban J connectivity index is 2.43. The first-order chi connectivity index (χ1) is 13.3. The van der Waals surface area contributed by atoms with Crippen molar-refractivity contribution in [2.24, 2.45) is 4.99 Å². The number of nitrogens with zero attached hydrogens (tertiary/aromatic N) is 2. The highest BCUT2D eigenvalue weighted by Gasteiger charge is 2.15. The molecule has 0 heterocycles. The number of anilines is 1. The summed E-state index contributed by atoms with van der Waals surface area (Å²) in [5.74, 6) is -4.55. The van der Waals surface area contributed by atoms with E-state index in [1.807, 2.05) is 6.92 Å². The van der Waals surface area contributed by atoms with Crippen molar-refractivity contribution in [2.45, 2.75) is 39.7 Å². The van der Waals surface area contributed by atoms with Crippen LogP contribution in [0.2, 0.25) is 0 Å². The number of rotatable bonds is 10. The van der Waals surface area contributed by atoms with E-state index in [1.54, 1.807) is 7.05 Å². The monoisotopic (exact) mass is 401 g/mol. The van der Waals surface area contributed by atoms with E-state index in [-0.39, 0.29) is 12.6 Å². The summed E-state index contributed by atoms with van der Waals surface area (Å²) in [4.78, 5) is 18.3. The van der Waals surface area contributed by atoms with Gasteiger partial charge in [0, 0.05) is 13.1 Å².